The van der Waals surface area contributed by atoms with Gasteiger partial charge in [0, 0.05) is 31.6 Å². The number of nitrogens with zero attached hydrogens (tertiary/aromatic N) is 2. The maximum atomic E-state index is 12.8. The predicted molar refractivity (Wildman–Crippen MR) is 91.6 cm³/mol. The first-order valence-corrected chi connectivity index (χ1v) is 8.97. The van der Waals surface area contributed by atoms with Crippen LogP contribution in [0, 0.1) is 25.2 Å². The number of rotatable bonds is 3. The van der Waals surface area contributed by atoms with Crippen molar-refractivity contribution in [2.75, 3.05) is 32.7 Å². The van der Waals surface area contributed by atoms with Gasteiger partial charge in [-0.05, 0) is 51.6 Å². The molecule has 0 radical (unpaired) electrons. The summed E-state index contributed by atoms with van der Waals surface area (Å²) in [4.78, 5) is 17.5. The second-order valence-corrected chi connectivity index (χ2v) is 8.04. The van der Waals surface area contributed by atoms with Crippen molar-refractivity contribution >= 4 is 5.91 Å². The van der Waals surface area contributed by atoms with E-state index >= 15 is 0 Å². The lowest BCUT2D eigenvalue weighted by Crippen LogP contribution is -2.46. The van der Waals surface area contributed by atoms with Gasteiger partial charge in [-0.15, -0.1) is 0 Å². The van der Waals surface area contributed by atoms with Crippen molar-refractivity contribution in [2.24, 2.45) is 11.3 Å². The maximum absolute atomic E-state index is 12.8. The molecule has 1 atom stereocenters. The van der Waals surface area contributed by atoms with E-state index in [1.165, 1.54) is 25.9 Å². The number of amides is 1. The Morgan fingerprint density at radius 3 is 2.70 bits per heavy atom. The lowest BCUT2D eigenvalue weighted by molar-refractivity contribution is 0.0665. The van der Waals surface area contributed by atoms with E-state index < -0.39 is 0 Å². The van der Waals surface area contributed by atoms with Crippen LogP contribution >= 0.6 is 0 Å². The minimum absolute atomic E-state index is 0.150. The van der Waals surface area contributed by atoms with E-state index in [0.717, 1.165) is 43.1 Å². The average molecular weight is 318 g/mol. The maximum Gasteiger partial charge on any atom is 0.257 e. The van der Waals surface area contributed by atoms with Gasteiger partial charge in [-0.25, -0.2) is 0 Å². The number of furan rings is 1. The molecule has 4 heteroatoms. The summed E-state index contributed by atoms with van der Waals surface area (Å²) >= 11 is 0. The summed E-state index contributed by atoms with van der Waals surface area (Å²) in [5.74, 6) is 2.43. The lowest BCUT2D eigenvalue weighted by atomic mass is 9.79. The highest BCUT2D eigenvalue weighted by Crippen LogP contribution is 2.39. The third-order valence-electron chi connectivity index (χ3n) is 5.36. The van der Waals surface area contributed by atoms with Crippen molar-refractivity contribution in [3.8, 4) is 0 Å². The fraction of sp³-hybridized carbons (Fsp3) is 0.737. The van der Waals surface area contributed by atoms with Crippen LogP contribution in [-0.4, -0.2) is 48.4 Å². The van der Waals surface area contributed by atoms with E-state index in [0.29, 0.717) is 11.3 Å². The van der Waals surface area contributed by atoms with Crippen LogP contribution in [0.25, 0.3) is 0 Å². The van der Waals surface area contributed by atoms with Gasteiger partial charge in [0.15, 0.2) is 0 Å². The van der Waals surface area contributed by atoms with Crippen LogP contribution in [0.3, 0.4) is 0 Å². The van der Waals surface area contributed by atoms with Crippen molar-refractivity contribution in [2.45, 2.75) is 47.0 Å². The van der Waals surface area contributed by atoms with Crippen molar-refractivity contribution in [3.63, 3.8) is 0 Å². The molecule has 0 bridgehead atoms. The Kier molecular flexibility index (Phi) is 4.54. The van der Waals surface area contributed by atoms with Crippen LogP contribution in [0.15, 0.2) is 10.5 Å². The zero-order valence-electron chi connectivity index (χ0n) is 15.0. The first-order chi connectivity index (χ1) is 10.9. The Balaban J connectivity index is 1.67. The minimum atomic E-state index is 0.150. The van der Waals surface area contributed by atoms with Crippen LogP contribution in [0.4, 0.5) is 0 Å². The SMILES string of the molecule is Cc1cc(C(=O)N2CC[C@]3(CCCN(CC(C)C)C3)C2)c(C)o1. The number of aryl methyl sites for hydroxylation is 2. The van der Waals surface area contributed by atoms with E-state index in [9.17, 15) is 4.79 Å². The summed E-state index contributed by atoms with van der Waals surface area (Å²) < 4.78 is 5.54. The van der Waals surface area contributed by atoms with E-state index in [4.69, 9.17) is 4.42 Å². The van der Waals surface area contributed by atoms with Gasteiger partial charge in [0.2, 0.25) is 0 Å². The molecule has 0 aromatic carbocycles. The Bertz CT molecular complexity index is 578. The van der Waals surface area contributed by atoms with Crippen LogP contribution in [-0.2, 0) is 0 Å². The van der Waals surface area contributed by atoms with E-state index in [2.05, 4.69) is 23.6 Å². The summed E-state index contributed by atoms with van der Waals surface area (Å²) in [6.45, 7) is 13.7. The molecular formula is C19H30N2O2. The molecule has 3 heterocycles. The van der Waals surface area contributed by atoms with E-state index in [1.54, 1.807) is 0 Å². The highest BCUT2D eigenvalue weighted by atomic mass is 16.3. The largest absolute Gasteiger partial charge is 0.466 e. The fourth-order valence-corrected chi connectivity index (χ4v) is 4.44. The standard InChI is InChI=1S/C19H30N2O2/c1-14(2)11-20-8-5-6-19(12-20)7-9-21(13-19)18(22)17-10-15(3)23-16(17)4/h10,14H,5-9,11-13H2,1-4H3/t19-/m0/s1. The third-order valence-corrected chi connectivity index (χ3v) is 5.36. The molecule has 1 aromatic rings. The van der Waals surface area contributed by atoms with Crippen LogP contribution < -0.4 is 0 Å². The number of carbonyl (C=O) groups excluding carboxylic acids is 1. The highest BCUT2D eigenvalue weighted by Gasteiger charge is 2.43. The molecule has 2 fully saturated rings. The Morgan fingerprint density at radius 2 is 2.04 bits per heavy atom. The molecule has 2 aliphatic heterocycles. The quantitative estimate of drug-likeness (QED) is 0.856. The monoisotopic (exact) mass is 318 g/mol. The molecule has 1 amide bonds. The highest BCUT2D eigenvalue weighted by molar-refractivity contribution is 5.95. The number of piperidine rings is 1. The summed E-state index contributed by atoms with van der Waals surface area (Å²) in [6, 6.07) is 1.88. The normalized spacial score (nSPS) is 25.7. The second kappa shape index (κ2) is 6.31. The summed E-state index contributed by atoms with van der Waals surface area (Å²) in [5.41, 5.74) is 1.06. The minimum Gasteiger partial charge on any atom is -0.466 e. The topological polar surface area (TPSA) is 36.7 Å². The molecule has 0 saturated carbocycles. The summed E-state index contributed by atoms with van der Waals surface area (Å²) in [5, 5.41) is 0. The molecule has 2 aliphatic rings. The average Bonchev–Trinajstić information content (AvgIpc) is 3.01. The van der Waals surface area contributed by atoms with Gasteiger partial charge in [-0.3, -0.25) is 4.79 Å². The molecule has 2 saturated heterocycles. The van der Waals surface area contributed by atoms with Crippen molar-refractivity contribution < 1.29 is 9.21 Å². The Labute approximate surface area is 139 Å². The van der Waals surface area contributed by atoms with Gasteiger partial charge in [0.1, 0.15) is 11.5 Å². The second-order valence-electron chi connectivity index (χ2n) is 8.04. The fourth-order valence-electron chi connectivity index (χ4n) is 4.44. The van der Waals surface area contributed by atoms with Crippen molar-refractivity contribution in [3.05, 3.63) is 23.2 Å². The first-order valence-electron chi connectivity index (χ1n) is 8.97. The zero-order valence-corrected chi connectivity index (χ0v) is 15.0. The predicted octanol–water partition coefficient (Wildman–Crippen LogP) is 3.48. The summed E-state index contributed by atoms with van der Waals surface area (Å²) in [6.07, 6.45) is 3.66. The number of likely N-dealkylation sites (tertiary alicyclic amines) is 2. The Hall–Kier alpha value is -1.29. The molecule has 0 N–H and O–H groups in total. The van der Waals surface area contributed by atoms with Gasteiger partial charge in [-0.1, -0.05) is 13.8 Å². The number of hydrogen-bond donors (Lipinski definition) is 0. The first kappa shape index (κ1) is 16.6. The van der Waals surface area contributed by atoms with Crippen LogP contribution in [0.5, 0.6) is 0 Å². The number of hydrogen-bond acceptors (Lipinski definition) is 3. The van der Waals surface area contributed by atoms with Gasteiger partial charge in [-0.2, -0.15) is 0 Å². The summed E-state index contributed by atoms with van der Waals surface area (Å²) in [7, 11) is 0. The molecule has 23 heavy (non-hydrogen) atoms. The molecule has 1 aromatic heterocycles. The van der Waals surface area contributed by atoms with Gasteiger partial charge < -0.3 is 14.2 Å². The molecule has 0 unspecified atom stereocenters. The molecular weight excluding hydrogens is 288 g/mol. The molecule has 1 spiro atoms. The van der Waals surface area contributed by atoms with E-state index in [-0.39, 0.29) is 5.91 Å². The van der Waals surface area contributed by atoms with Crippen molar-refractivity contribution in [1.82, 2.24) is 9.80 Å². The van der Waals surface area contributed by atoms with Gasteiger partial charge in [0.25, 0.3) is 5.91 Å². The molecule has 3 rings (SSSR count). The third kappa shape index (κ3) is 3.47. The van der Waals surface area contributed by atoms with E-state index in [1.807, 2.05) is 19.9 Å². The van der Waals surface area contributed by atoms with Gasteiger partial charge >= 0.3 is 0 Å². The van der Waals surface area contributed by atoms with Gasteiger partial charge in [0.05, 0.1) is 5.56 Å². The zero-order chi connectivity index (χ0) is 16.6. The lowest BCUT2D eigenvalue weighted by Gasteiger charge is -2.41. The van der Waals surface area contributed by atoms with Crippen LogP contribution in [0.1, 0.15) is 55.0 Å². The van der Waals surface area contributed by atoms with Crippen molar-refractivity contribution in [1.29, 1.82) is 0 Å². The Morgan fingerprint density at radius 1 is 1.26 bits per heavy atom. The molecule has 0 aliphatic carbocycles. The molecule has 128 valence electrons. The number of carbonyl (C=O) groups is 1. The van der Waals surface area contributed by atoms with Crippen LogP contribution in [0.2, 0.25) is 0 Å². The molecule has 4 nitrogen and oxygen atoms in total. The smallest absolute Gasteiger partial charge is 0.257 e.